The van der Waals surface area contributed by atoms with E-state index in [0.29, 0.717) is 30.8 Å². The Balaban J connectivity index is 1.43. The highest BCUT2D eigenvalue weighted by molar-refractivity contribution is 7.85. The van der Waals surface area contributed by atoms with Gasteiger partial charge in [0.15, 0.2) is 17.3 Å². The van der Waals surface area contributed by atoms with Gasteiger partial charge in [-0.15, -0.1) is 0 Å². The van der Waals surface area contributed by atoms with Crippen molar-refractivity contribution in [2.75, 3.05) is 6.26 Å². The number of hydrogen-bond donors (Lipinski definition) is 0. The fourth-order valence-electron chi connectivity index (χ4n) is 5.98. The topological polar surface area (TPSA) is 78.9 Å². The molecule has 1 fully saturated rings. The van der Waals surface area contributed by atoms with Gasteiger partial charge in [-0.3, -0.25) is 13.8 Å². The van der Waals surface area contributed by atoms with Crippen LogP contribution in [0.15, 0.2) is 35.4 Å². The zero-order valence-corrected chi connectivity index (χ0v) is 23.3. The minimum Gasteiger partial charge on any atom is -0.449 e. The molecule has 2 aliphatic carbocycles. The zero-order valence-electron chi connectivity index (χ0n) is 22.5. The van der Waals surface area contributed by atoms with E-state index in [-0.39, 0.29) is 41.5 Å². The summed E-state index contributed by atoms with van der Waals surface area (Å²) in [6, 6.07) is 7.53. The van der Waals surface area contributed by atoms with Gasteiger partial charge in [0.2, 0.25) is 5.79 Å². The second-order valence-electron chi connectivity index (χ2n) is 11.9. The van der Waals surface area contributed by atoms with Gasteiger partial charge in [0.25, 0.3) is 0 Å². The Kier molecular flexibility index (Phi) is 7.55. The fraction of sp³-hybridized carbons (Fsp3) is 0.655. The van der Waals surface area contributed by atoms with Crippen LogP contribution >= 0.6 is 0 Å². The third-order valence-corrected chi connectivity index (χ3v) is 9.06. The molecule has 1 aromatic rings. The minimum absolute atomic E-state index is 0.0492. The minimum atomic E-state index is -1.37. The van der Waals surface area contributed by atoms with Gasteiger partial charge < -0.3 is 14.2 Å². The second-order valence-corrected chi connectivity index (χ2v) is 13.4. The van der Waals surface area contributed by atoms with Gasteiger partial charge >= 0.3 is 0 Å². The smallest absolute Gasteiger partial charge is 0.248 e. The second kappa shape index (κ2) is 10.1. The lowest BCUT2D eigenvalue weighted by Gasteiger charge is -2.40. The molecular formula is C29H40O6S. The predicted molar refractivity (Wildman–Crippen MR) is 141 cm³/mol. The van der Waals surface area contributed by atoms with E-state index in [4.69, 9.17) is 14.2 Å². The normalized spacial score (nSPS) is 26.6. The van der Waals surface area contributed by atoms with Crippen molar-refractivity contribution in [1.82, 2.24) is 0 Å². The van der Waals surface area contributed by atoms with E-state index in [1.807, 2.05) is 31.2 Å². The molecule has 2 unspecified atom stereocenters. The van der Waals surface area contributed by atoms with E-state index in [1.54, 1.807) is 6.26 Å². The molecule has 1 saturated carbocycles. The molecule has 0 radical (unpaired) electrons. The SMILES string of the molecule is CS(=O)C(CC1=C2CC[C@H](OC(C)(C)C)[C@@]2(C)CCC1=O)C(=O)CCCC1(C)Oc2ccccc2O1. The fourth-order valence-corrected chi connectivity index (χ4v) is 6.87. The number of rotatable bonds is 9. The van der Waals surface area contributed by atoms with E-state index < -0.39 is 21.8 Å². The first-order valence-corrected chi connectivity index (χ1v) is 14.7. The van der Waals surface area contributed by atoms with Crippen molar-refractivity contribution in [1.29, 1.82) is 0 Å². The average molecular weight is 517 g/mol. The lowest BCUT2D eigenvalue weighted by Crippen LogP contribution is -2.40. The van der Waals surface area contributed by atoms with E-state index >= 15 is 0 Å². The van der Waals surface area contributed by atoms with Gasteiger partial charge in [-0.25, -0.2) is 0 Å². The maximum atomic E-state index is 13.3. The van der Waals surface area contributed by atoms with E-state index in [9.17, 15) is 13.8 Å². The van der Waals surface area contributed by atoms with E-state index in [0.717, 1.165) is 30.4 Å². The van der Waals surface area contributed by atoms with Gasteiger partial charge in [-0.2, -0.15) is 0 Å². The third kappa shape index (κ3) is 5.62. The van der Waals surface area contributed by atoms with Crippen molar-refractivity contribution in [2.45, 2.75) is 109 Å². The number of carbonyl (C=O) groups excluding carboxylic acids is 2. The van der Waals surface area contributed by atoms with Crippen LogP contribution in [0.4, 0.5) is 0 Å². The highest BCUT2D eigenvalue weighted by Gasteiger charge is 2.49. The van der Waals surface area contributed by atoms with Crippen molar-refractivity contribution in [2.24, 2.45) is 5.41 Å². The number of hydrogen-bond acceptors (Lipinski definition) is 6. The Labute approximate surface area is 217 Å². The summed E-state index contributed by atoms with van der Waals surface area (Å²) in [5, 5.41) is -0.684. The third-order valence-electron chi connectivity index (χ3n) is 7.83. The van der Waals surface area contributed by atoms with Crippen molar-refractivity contribution in [3.63, 3.8) is 0 Å². The molecule has 1 aliphatic heterocycles. The maximum absolute atomic E-state index is 13.3. The number of ketones is 2. The highest BCUT2D eigenvalue weighted by atomic mass is 32.2. The van der Waals surface area contributed by atoms with Crippen molar-refractivity contribution < 1.29 is 28.0 Å². The lowest BCUT2D eigenvalue weighted by molar-refractivity contribution is -0.120. The molecule has 0 bridgehead atoms. The predicted octanol–water partition coefficient (Wildman–Crippen LogP) is 5.69. The molecule has 0 spiro atoms. The van der Waals surface area contributed by atoms with E-state index in [2.05, 4.69) is 27.7 Å². The molecule has 0 N–H and O–H groups in total. The molecule has 7 heteroatoms. The molecule has 198 valence electrons. The van der Waals surface area contributed by atoms with Gasteiger partial charge in [-0.1, -0.05) is 24.6 Å². The van der Waals surface area contributed by atoms with Crippen LogP contribution in [0.25, 0.3) is 0 Å². The summed E-state index contributed by atoms with van der Waals surface area (Å²) in [6.45, 7) is 10.2. The summed E-state index contributed by atoms with van der Waals surface area (Å²) in [5.74, 6) is 0.624. The summed E-state index contributed by atoms with van der Waals surface area (Å²) in [6.07, 6.45) is 6.11. The number of benzene rings is 1. The van der Waals surface area contributed by atoms with Crippen molar-refractivity contribution in [3.05, 3.63) is 35.4 Å². The Morgan fingerprint density at radius 1 is 1.17 bits per heavy atom. The molecular weight excluding hydrogens is 476 g/mol. The first kappa shape index (κ1) is 27.1. The van der Waals surface area contributed by atoms with Gasteiger partial charge in [-0.05, 0) is 70.6 Å². The molecule has 3 aliphatic rings. The van der Waals surface area contributed by atoms with Gasteiger partial charge in [0, 0.05) is 48.7 Å². The van der Waals surface area contributed by atoms with Crippen LogP contribution in [-0.2, 0) is 25.1 Å². The Morgan fingerprint density at radius 2 is 1.81 bits per heavy atom. The van der Waals surface area contributed by atoms with Gasteiger partial charge in [0.1, 0.15) is 5.78 Å². The molecule has 6 nitrogen and oxygen atoms in total. The standard InChI is InChI=1S/C29H40O6S/c1-27(2,3)35-26-14-13-20-19(21(30)15-17-28(20,26)4)18-25(36(6)32)22(31)10-9-16-29(5)33-23-11-7-8-12-24(23)34-29/h7-8,11-12,25-26H,9-10,13-18H2,1-6H3/t25?,26-,28-,36?/m0/s1. The average Bonchev–Trinajstić information content (AvgIpc) is 3.28. The summed E-state index contributed by atoms with van der Waals surface area (Å²) in [4.78, 5) is 26.3. The zero-order chi connectivity index (χ0) is 26.3. The Bertz CT molecular complexity index is 1060. The van der Waals surface area contributed by atoms with Crippen molar-refractivity contribution in [3.8, 4) is 11.5 Å². The van der Waals surface area contributed by atoms with Crippen LogP contribution in [0.5, 0.6) is 11.5 Å². The molecule has 4 rings (SSSR count). The number of Topliss-reactive ketones (excluding diaryl/α,β-unsaturated/α-hetero) is 2. The number of allylic oxidation sites excluding steroid dienone is 1. The monoisotopic (exact) mass is 516 g/mol. The summed E-state index contributed by atoms with van der Waals surface area (Å²) < 4.78 is 31.0. The Hall–Kier alpha value is -1.99. The van der Waals surface area contributed by atoms with Crippen LogP contribution in [-0.4, -0.2) is 44.8 Å². The van der Waals surface area contributed by atoms with Crippen LogP contribution in [0.3, 0.4) is 0 Å². The number of fused-ring (bicyclic) bond motifs is 2. The van der Waals surface area contributed by atoms with Gasteiger partial charge in [0.05, 0.1) is 17.0 Å². The lowest BCUT2D eigenvalue weighted by atomic mass is 9.70. The van der Waals surface area contributed by atoms with Crippen molar-refractivity contribution >= 4 is 22.4 Å². The molecule has 0 aromatic heterocycles. The highest BCUT2D eigenvalue weighted by Crippen LogP contribution is 2.53. The van der Waals surface area contributed by atoms with Crippen LogP contribution in [0, 0.1) is 5.41 Å². The number of para-hydroxylation sites is 2. The van der Waals surface area contributed by atoms with Crippen LogP contribution in [0.2, 0.25) is 0 Å². The largest absolute Gasteiger partial charge is 0.449 e. The van der Waals surface area contributed by atoms with Crippen LogP contribution in [0.1, 0.15) is 86.0 Å². The molecule has 1 heterocycles. The number of carbonyl (C=O) groups is 2. The number of ether oxygens (including phenoxy) is 3. The summed E-state index contributed by atoms with van der Waals surface area (Å²) in [7, 11) is -1.37. The molecule has 36 heavy (non-hydrogen) atoms. The molecule has 1 aromatic carbocycles. The van der Waals surface area contributed by atoms with E-state index in [1.165, 1.54) is 0 Å². The summed E-state index contributed by atoms with van der Waals surface area (Å²) in [5.41, 5.74) is 1.37. The summed E-state index contributed by atoms with van der Waals surface area (Å²) >= 11 is 0. The van der Waals surface area contributed by atoms with Crippen LogP contribution < -0.4 is 9.47 Å². The molecule has 4 atom stereocenters. The quantitative estimate of drug-likeness (QED) is 0.419. The molecule has 0 amide bonds. The maximum Gasteiger partial charge on any atom is 0.248 e. The first-order valence-electron chi connectivity index (χ1n) is 13.1. The Morgan fingerprint density at radius 3 is 2.39 bits per heavy atom. The first-order chi connectivity index (χ1) is 16.8. The molecule has 0 saturated heterocycles.